The van der Waals surface area contributed by atoms with Crippen molar-refractivity contribution in [2.45, 2.75) is 45.5 Å². The molecule has 0 saturated heterocycles. The van der Waals surface area contributed by atoms with E-state index in [2.05, 4.69) is 0 Å². The van der Waals surface area contributed by atoms with Crippen LogP contribution in [-0.4, -0.2) is 23.6 Å². The molecule has 1 aliphatic carbocycles. The van der Waals surface area contributed by atoms with Gasteiger partial charge in [0.15, 0.2) is 11.6 Å². The minimum atomic E-state index is -2.59. The molecular weight excluding hydrogens is 297 g/mol. The highest BCUT2D eigenvalue weighted by Gasteiger charge is 2.35. The van der Waals surface area contributed by atoms with Crippen molar-refractivity contribution in [3.8, 4) is 5.75 Å². The van der Waals surface area contributed by atoms with Crippen molar-refractivity contribution in [3.63, 3.8) is 0 Å². The summed E-state index contributed by atoms with van der Waals surface area (Å²) in [5.41, 5.74) is -0.160. The fraction of sp³-hybridized carbons (Fsp3) is 0.562. The normalized spacial score (nSPS) is 17.3. The number of hydrogen-bond donors (Lipinski definition) is 1. The Balaban J connectivity index is 0.00000116. The first-order valence-corrected chi connectivity index (χ1v) is 7.41. The Morgan fingerprint density at radius 2 is 1.91 bits per heavy atom. The Bertz CT molecular complexity index is 493. The maximum atomic E-state index is 13.6. The third kappa shape index (κ3) is 5.24. The Morgan fingerprint density at radius 1 is 1.32 bits per heavy atom. The molecule has 0 heterocycles. The third-order valence-electron chi connectivity index (χ3n) is 3.49. The first kappa shape index (κ1) is 18.3. The van der Waals surface area contributed by atoms with Gasteiger partial charge in [-0.05, 0) is 37.0 Å². The molecule has 1 aliphatic rings. The molecule has 1 fully saturated rings. The van der Waals surface area contributed by atoms with Crippen LogP contribution in [-0.2, 0) is 0 Å². The maximum Gasteiger partial charge on any atom is 0.335 e. The number of alkyl halides is 2. The second kappa shape index (κ2) is 8.06. The lowest BCUT2D eigenvalue weighted by molar-refractivity contribution is -0.0499. The summed E-state index contributed by atoms with van der Waals surface area (Å²) in [5.74, 6) is -4.64. The number of carboxylic acid groups (broad SMARTS) is 1. The van der Waals surface area contributed by atoms with Crippen LogP contribution in [0.3, 0.4) is 0 Å². The molecule has 0 spiro atoms. The summed E-state index contributed by atoms with van der Waals surface area (Å²) in [7, 11) is 0. The van der Waals surface area contributed by atoms with Crippen molar-refractivity contribution < 1.29 is 27.8 Å². The molecular formula is C16H21F3O3. The summed E-state index contributed by atoms with van der Waals surface area (Å²) in [6.07, 6.45) is 0.368. The molecule has 124 valence electrons. The number of rotatable bonds is 4. The predicted octanol–water partition coefficient (Wildman–Crippen LogP) is 4.75. The Labute approximate surface area is 128 Å². The van der Waals surface area contributed by atoms with Crippen molar-refractivity contribution in [1.29, 1.82) is 0 Å². The molecule has 1 N–H and O–H groups in total. The van der Waals surface area contributed by atoms with Crippen LogP contribution in [0.5, 0.6) is 5.75 Å². The monoisotopic (exact) mass is 318 g/mol. The highest BCUT2D eigenvalue weighted by Crippen LogP contribution is 2.36. The number of halogens is 3. The second-order valence-corrected chi connectivity index (χ2v) is 5.06. The minimum absolute atomic E-state index is 0.0202. The molecule has 0 amide bonds. The average Bonchev–Trinajstić information content (AvgIpc) is 2.49. The van der Waals surface area contributed by atoms with Gasteiger partial charge in [-0.25, -0.2) is 18.0 Å². The summed E-state index contributed by atoms with van der Waals surface area (Å²) in [5, 5.41) is 8.70. The van der Waals surface area contributed by atoms with E-state index >= 15 is 0 Å². The highest BCUT2D eigenvalue weighted by atomic mass is 19.3. The van der Waals surface area contributed by atoms with E-state index in [-0.39, 0.29) is 36.7 Å². The molecule has 0 bridgehead atoms. The summed E-state index contributed by atoms with van der Waals surface area (Å²) in [4.78, 5) is 10.7. The van der Waals surface area contributed by atoms with E-state index in [4.69, 9.17) is 9.84 Å². The van der Waals surface area contributed by atoms with Crippen LogP contribution >= 0.6 is 0 Å². The van der Waals surface area contributed by atoms with Gasteiger partial charge < -0.3 is 9.84 Å². The molecule has 3 nitrogen and oxygen atoms in total. The van der Waals surface area contributed by atoms with Crippen LogP contribution in [0.2, 0.25) is 0 Å². The van der Waals surface area contributed by atoms with E-state index in [0.29, 0.717) is 12.8 Å². The number of carbonyl (C=O) groups is 1. The van der Waals surface area contributed by atoms with Gasteiger partial charge in [-0.3, -0.25) is 0 Å². The van der Waals surface area contributed by atoms with Gasteiger partial charge in [0, 0.05) is 12.8 Å². The van der Waals surface area contributed by atoms with Gasteiger partial charge in [0.25, 0.3) is 0 Å². The first-order chi connectivity index (χ1) is 10.4. The Morgan fingerprint density at radius 3 is 2.41 bits per heavy atom. The van der Waals surface area contributed by atoms with Crippen molar-refractivity contribution in [3.05, 3.63) is 29.6 Å². The SMILES string of the molecule is CC.O=C(O)c1ccc(OCC2CCC(F)(F)CC2)c(F)c1. The maximum absolute atomic E-state index is 13.6. The molecule has 0 aromatic heterocycles. The van der Waals surface area contributed by atoms with Crippen molar-refractivity contribution in [2.24, 2.45) is 5.92 Å². The van der Waals surface area contributed by atoms with E-state index in [1.165, 1.54) is 12.1 Å². The molecule has 0 aliphatic heterocycles. The molecule has 0 atom stereocenters. The Hall–Kier alpha value is -1.72. The van der Waals surface area contributed by atoms with Gasteiger partial charge in [-0.2, -0.15) is 0 Å². The lowest BCUT2D eigenvalue weighted by Gasteiger charge is -2.28. The zero-order chi connectivity index (χ0) is 16.8. The van der Waals surface area contributed by atoms with Crippen molar-refractivity contribution in [2.75, 3.05) is 6.61 Å². The molecule has 22 heavy (non-hydrogen) atoms. The lowest BCUT2D eigenvalue weighted by atomic mass is 9.87. The standard InChI is InChI=1S/C14H15F3O3.C2H6/c15-11-7-10(13(18)19)1-2-12(11)20-8-9-3-5-14(16,17)6-4-9;1-2/h1-2,7,9H,3-6,8H2,(H,18,19);1-2H3. The van der Waals surface area contributed by atoms with Crippen LogP contribution < -0.4 is 4.74 Å². The molecule has 2 rings (SSSR count). The molecule has 0 radical (unpaired) electrons. The third-order valence-corrected chi connectivity index (χ3v) is 3.49. The second-order valence-electron chi connectivity index (χ2n) is 5.06. The fourth-order valence-electron chi connectivity index (χ4n) is 2.23. The van der Waals surface area contributed by atoms with E-state index < -0.39 is 17.7 Å². The molecule has 6 heteroatoms. The van der Waals surface area contributed by atoms with E-state index in [0.717, 1.165) is 6.07 Å². The fourth-order valence-corrected chi connectivity index (χ4v) is 2.23. The number of carboxylic acids is 1. The number of ether oxygens (including phenoxy) is 1. The van der Waals surface area contributed by atoms with Crippen LogP contribution in [0.15, 0.2) is 18.2 Å². The molecule has 1 aromatic rings. The van der Waals surface area contributed by atoms with Gasteiger partial charge in [0.2, 0.25) is 5.92 Å². The van der Waals surface area contributed by atoms with E-state index in [1.54, 1.807) is 0 Å². The minimum Gasteiger partial charge on any atom is -0.490 e. The largest absolute Gasteiger partial charge is 0.490 e. The quantitative estimate of drug-likeness (QED) is 0.871. The van der Waals surface area contributed by atoms with E-state index in [9.17, 15) is 18.0 Å². The predicted molar refractivity (Wildman–Crippen MR) is 77.1 cm³/mol. The highest BCUT2D eigenvalue weighted by molar-refractivity contribution is 5.87. The van der Waals surface area contributed by atoms with Crippen LogP contribution in [0.4, 0.5) is 13.2 Å². The number of benzene rings is 1. The molecule has 0 unspecified atom stereocenters. The van der Waals surface area contributed by atoms with Gasteiger partial charge >= 0.3 is 5.97 Å². The number of aromatic carboxylic acids is 1. The average molecular weight is 318 g/mol. The zero-order valence-electron chi connectivity index (χ0n) is 12.7. The summed E-state index contributed by atoms with van der Waals surface area (Å²) in [6.45, 7) is 4.17. The lowest BCUT2D eigenvalue weighted by Crippen LogP contribution is -2.27. The van der Waals surface area contributed by atoms with Gasteiger partial charge in [-0.1, -0.05) is 13.8 Å². The van der Waals surface area contributed by atoms with Crippen LogP contribution in [0.25, 0.3) is 0 Å². The topological polar surface area (TPSA) is 46.5 Å². The van der Waals surface area contributed by atoms with Crippen LogP contribution in [0, 0.1) is 11.7 Å². The summed E-state index contributed by atoms with van der Waals surface area (Å²) >= 11 is 0. The van der Waals surface area contributed by atoms with Gasteiger partial charge in [0.05, 0.1) is 12.2 Å². The van der Waals surface area contributed by atoms with Gasteiger partial charge in [-0.15, -0.1) is 0 Å². The molecule has 1 aromatic carbocycles. The smallest absolute Gasteiger partial charge is 0.335 e. The molecule has 1 saturated carbocycles. The Kier molecular flexibility index (Phi) is 6.71. The number of hydrogen-bond acceptors (Lipinski definition) is 2. The van der Waals surface area contributed by atoms with Gasteiger partial charge in [0.1, 0.15) is 0 Å². The van der Waals surface area contributed by atoms with Crippen molar-refractivity contribution in [1.82, 2.24) is 0 Å². The van der Waals surface area contributed by atoms with Crippen molar-refractivity contribution >= 4 is 5.97 Å². The van der Waals surface area contributed by atoms with Crippen LogP contribution in [0.1, 0.15) is 49.9 Å². The van der Waals surface area contributed by atoms with E-state index in [1.807, 2.05) is 13.8 Å². The zero-order valence-corrected chi connectivity index (χ0v) is 12.7. The first-order valence-electron chi connectivity index (χ1n) is 7.41. The summed E-state index contributed by atoms with van der Waals surface area (Å²) < 4.78 is 44.8. The summed E-state index contributed by atoms with van der Waals surface area (Å²) in [6, 6.07) is 3.37.